The van der Waals surface area contributed by atoms with E-state index in [2.05, 4.69) is 15.3 Å². The first kappa shape index (κ1) is 12.6. The maximum atomic E-state index is 10.9. The van der Waals surface area contributed by atoms with Gasteiger partial charge < -0.3 is 9.72 Å². The standard InChI is InChI=1S/C14H11ClN4O/c15-14(20)10-4-5-12(16-7-10)17-8-11-9-18-13-3-1-2-6-19(11)13/h1-7,9H,8H2,(H,16,17). The molecule has 0 saturated heterocycles. The minimum atomic E-state index is -0.508. The fourth-order valence-corrected chi connectivity index (χ4v) is 2.02. The first-order chi connectivity index (χ1) is 9.74. The quantitative estimate of drug-likeness (QED) is 0.749. The molecular formula is C14H11ClN4O. The summed E-state index contributed by atoms with van der Waals surface area (Å²) in [5.41, 5.74) is 2.31. The van der Waals surface area contributed by atoms with E-state index >= 15 is 0 Å². The molecule has 0 aliphatic carbocycles. The Kier molecular flexibility index (Phi) is 3.35. The van der Waals surface area contributed by atoms with Crippen molar-refractivity contribution >= 4 is 28.3 Å². The third kappa shape index (κ3) is 2.48. The number of carbonyl (C=O) groups excluding carboxylic acids is 1. The average molecular weight is 287 g/mol. The fraction of sp³-hybridized carbons (Fsp3) is 0.0714. The first-order valence-electron chi connectivity index (χ1n) is 6.05. The van der Waals surface area contributed by atoms with Gasteiger partial charge >= 0.3 is 0 Å². The fourth-order valence-electron chi connectivity index (χ4n) is 1.91. The molecule has 20 heavy (non-hydrogen) atoms. The Hall–Kier alpha value is -2.40. The number of halogens is 1. The highest BCUT2D eigenvalue weighted by molar-refractivity contribution is 6.67. The van der Waals surface area contributed by atoms with Gasteiger partial charge in [0.15, 0.2) is 0 Å². The van der Waals surface area contributed by atoms with Gasteiger partial charge in [0.25, 0.3) is 5.24 Å². The van der Waals surface area contributed by atoms with Crippen LogP contribution in [0.4, 0.5) is 5.82 Å². The second kappa shape index (κ2) is 5.30. The van der Waals surface area contributed by atoms with Crippen molar-refractivity contribution in [1.82, 2.24) is 14.4 Å². The molecule has 5 nitrogen and oxygen atoms in total. The van der Waals surface area contributed by atoms with Crippen LogP contribution in [-0.2, 0) is 6.54 Å². The van der Waals surface area contributed by atoms with Crippen molar-refractivity contribution in [3.05, 3.63) is 60.2 Å². The van der Waals surface area contributed by atoms with Gasteiger partial charge in [-0.3, -0.25) is 4.79 Å². The first-order valence-corrected chi connectivity index (χ1v) is 6.42. The maximum absolute atomic E-state index is 10.9. The zero-order valence-electron chi connectivity index (χ0n) is 10.5. The molecular weight excluding hydrogens is 276 g/mol. The van der Waals surface area contributed by atoms with Gasteiger partial charge in [0.05, 0.1) is 24.0 Å². The lowest BCUT2D eigenvalue weighted by Crippen LogP contribution is -2.04. The van der Waals surface area contributed by atoms with Gasteiger partial charge in [-0.15, -0.1) is 0 Å². The van der Waals surface area contributed by atoms with E-state index in [1.807, 2.05) is 35.0 Å². The molecule has 0 amide bonds. The molecule has 3 heterocycles. The number of hydrogen-bond donors (Lipinski definition) is 1. The molecule has 3 aromatic rings. The number of nitrogens with zero attached hydrogens (tertiary/aromatic N) is 3. The highest BCUT2D eigenvalue weighted by atomic mass is 35.5. The summed E-state index contributed by atoms with van der Waals surface area (Å²) in [7, 11) is 0. The molecule has 6 heteroatoms. The molecule has 0 aliphatic heterocycles. The lowest BCUT2D eigenvalue weighted by Gasteiger charge is -2.05. The van der Waals surface area contributed by atoms with E-state index in [-0.39, 0.29) is 0 Å². The largest absolute Gasteiger partial charge is 0.364 e. The topological polar surface area (TPSA) is 59.3 Å². The molecule has 0 radical (unpaired) electrons. The SMILES string of the molecule is O=C(Cl)c1ccc(NCc2cnc3ccccn23)nc1. The molecule has 0 atom stereocenters. The van der Waals surface area contributed by atoms with Crippen LogP contribution < -0.4 is 5.32 Å². The van der Waals surface area contributed by atoms with Gasteiger partial charge in [-0.1, -0.05) is 6.07 Å². The predicted octanol–water partition coefficient (Wildman–Crippen LogP) is 2.72. The number of carbonyl (C=O) groups is 1. The minimum absolute atomic E-state index is 0.381. The molecule has 0 bridgehead atoms. The van der Waals surface area contributed by atoms with Crippen molar-refractivity contribution in [2.24, 2.45) is 0 Å². The van der Waals surface area contributed by atoms with Crippen molar-refractivity contribution in [1.29, 1.82) is 0 Å². The molecule has 1 N–H and O–H groups in total. The van der Waals surface area contributed by atoms with Crippen molar-refractivity contribution in [2.75, 3.05) is 5.32 Å². The van der Waals surface area contributed by atoms with Crippen LogP contribution in [0, 0.1) is 0 Å². The second-order valence-corrected chi connectivity index (χ2v) is 4.58. The number of pyridine rings is 2. The van der Waals surface area contributed by atoms with Crippen LogP contribution in [0.15, 0.2) is 48.9 Å². The van der Waals surface area contributed by atoms with Gasteiger partial charge in [0.1, 0.15) is 11.5 Å². The second-order valence-electron chi connectivity index (χ2n) is 4.24. The number of anilines is 1. The summed E-state index contributed by atoms with van der Waals surface area (Å²) in [5.74, 6) is 0.678. The number of nitrogens with one attached hydrogen (secondary N) is 1. The summed E-state index contributed by atoms with van der Waals surface area (Å²) >= 11 is 5.37. The molecule has 0 aromatic carbocycles. The van der Waals surface area contributed by atoms with E-state index in [0.717, 1.165) is 11.3 Å². The van der Waals surface area contributed by atoms with Gasteiger partial charge in [-0.2, -0.15) is 0 Å². The van der Waals surface area contributed by atoms with Crippen molar-refractivity contribution in [3.63, 3.8) is 0 Å². The predicted molar refractivity (Wildman–Crippen MR) is 76.9 cm³/mol. The van der Waals surface area contributed by atoms with Crippen LogP contribution in [0.5, 0.6) is 0 Å². The van der Waals surface area contributed by atoms with E-state index < -0.39 is 5.24 Å². The van der Waals surface area contributed by atoms with Gasteiger partial charge in [0.2, 0.25) is 0 Å². The van der Waals surface area contributed by atoms with Gasteiger partial charge in [-0.05, 0) is 35.9 Å². The molecule has 0 unspecified atom stereocenters. The summed E-state index contributed by atoms with van der Waals surface area (Å²) in [4.78, 5) is 19.4. The van der Waals surface area contributed by atoms with Crippen LogP contribution in [-0.4, -0.2) is 19.6 Å². The van der Waals surface area contributed by atoms with E-state index in [9.17, 15) is 4.79 Å². The Morgan fingerprint density at radius 1 is 1.20 bits per heavy atom. The normalized spacial score (nSPS) is 10.7. The number of aromatic nitrogens is 3. The lowest BCUT2D eigenvalue weighted by atomic mass is 10.3. The Bertz CT molecular complexity index is 751. The van der Waals surface area contributed by atoms with Crippen molar-refractivity contribution in [3.8, 4) is 0 Å². The van der Waals surface area contributed by atoms with Crippen LogP contribution in [0.25, 0.3) is 5.65 Å². The van der Waals surface area contributed by atoms with Crippen LogP contribution in [0.2, 0.25) is 0 Å². The number of hydrogen-bond acceptors (Lipinski definition) is 4. The summed E-state index contributed by atoms with van der Waals surface area (Å²) in [6, 6.07) is 9.21. The van der Waals surface area contributed by atoms with Gasteiger partial charge in [-0.25, -0.2) is 9.97 Å². The highest BCUT2D eigenvalue weighted by Gasteiger charge is 2.04. The molecule has 100 valence electrons. The Morgan fingerprint density at radius 2 is 2.10 bits per heavy atom. The third-order valence-corrected chi connectivity index (χ3v) is 3.15. The molecule has 3 aromatic heterocycles. The third-order valence-electron chi connectivity index (χ3n) is 2.93. The molecule has 0 aliphatic rings. The van der Waals surface area contributed by atoms with Crippen LogP contribution in [0.1, 0.15) is 16.1 Å². The lowest BCUT2D eigenvalue weighted by molar-refractivity contribution is 0.108. The molecule has 0 spiro atoms. The van der Waals surface area contributed by atoms with Crippen LogP contribution >= 0.6 is 11.6 Å². The summed E-state index contributed by atoms with van der Waals surface area (Å²) in [6.07, 6.45) is 5.23. The van der Waals surface area contributed by atoms with E-state index in [1.165, 1.54) is 6.20 Å². The smallest absolute Gasteiger partial charge is 0.253 e. The highest BCUT2D eigenvalue weighted by Crippen LogP contribution is 2.10. The molecule has 0 saturated carbocycles. The van der Waals surface area contributed by atoms with Crippen LogP contribution in [0.3, 0.4) is 0 Å². The van der Waals surface area contributed by atoms with E-state index in [1.54, 1.807) is 12.1 Å². The number of rotatable bonds is 4. The van der Waals surface area contributed by atoms with Gasteiger partial charge in [0, 0.05) is 12.4 Å². The van der Waals surface area contributed by atoms with Crippen molar-refractivity contribution < 1.29 is 4.79 Å². The summed E-state index contributed by atoms with van der Waals surface area (Å²) in [6.45, 7) is 0.590. The Morgan fingerprint density at radius 3 is 2.85 bits per heavy atom. The maximum Gasteiger partial charge on any atom is 0.253 e. The molecule has 3 rings (SSSR count). The minimum Gasteiger partial charge on any atom is -0.364 e. The van der Waals surface area contributed by atoms with E-state index in [4.69, 9.17) is 11.6 Å². The number of imidazole rings is 1. The summed E-state index contributed by atoms with van der Waals surface area (Å²) in [5, 5.41) is 2.67. The monoisotopic (exact) mass is 286 g/mol. The van der Waals surface area contributed by atoms with Crippen molar-refractivity contribution in [2.45, 2.75) is 6.54 Å². The Balaban J connectivity index is 1.74. The Labute approximate surface area is 120 Å². The zero-order valence-corrected chi connectivity index (χ0v) is 11.2. The average Bonchev–Trinajstić information content (AvgIpc) is 2.89. The van der Waals surface area contributed by atoms with E-state index in [0.29, 0.717) is 17.9 Å². The number of fused-ring (bicyclic) bond motifs is 1. The zero-order chi connectivity index (χ0) is 13.9. The molecule has 0 fully saturated rings. The summed E-state index contributed by atoms with van der Waals surface area (Å²) < 4.78 is 2.00.